The lowest BCUT2D eigenvalue weighted by molar-refractivity contribution is -0.144. The maximum Gasteiger partial charge on any atom is 0.246 e. The molecule has 18 heteroatoms. The van der Waals surface area contributed by atoms with E-state index in [1.165, 1.54) is 20.9 Å². The number of likely N-dealkylation sites (tertiary alicyclic amines) is 2. The lowest BCUT2D eigenvalue weighted by atomic mass is 9.78. The predicted octanol–water partition coefficient (Wildman–Crippen LogP) is 3.49. The minimum atomic E-state index is -0.985. The minimum absolute atomic E-state index is 0.0251. The van der Waals surface area contributed by atoms with Crippen LogP contribution in [0.4, 0.5) is 0 Å². The summed E-state index contributed by atoms with van der Waals surface area (Å²) >= 11 is 0. The number of benzene rings is 2. The van der Waals surface area contributed by atoms with Gasteiger partial charge in [-0.1, -0.05) is 90.1 Å². The van der Waals surface area contributed by atoms with Gasteiger partial charge in [0, 0.05) is 25.2 Å². The monoisotopic (exact) mass is 1060 g/mol. The van der Waals surface area contributed by atoms with Gasteiger partial charge < -0.3 is 52.3 Å². The number of carbonyl (C=O) groups excluding carboxylic acids is 8. The van der Waals surface area contributed by atoms with E-state index in [0.717, 1.165) is 62.5 Å². The standard InChI is InChI=1S/C59H86N10O8/c1-32(60-9)50(70)66-48(58(3,4)5)56(76)68-30-38(28-44(68)52(72)64-42-23-15-19-34-17-11-13-21-40(34)42)62-54(74)46-36-25-26-37(27-36)47(46)55(75)63-39-29-45(53(73)65-43-24-16-20-35-18-12-14-22-41(35)43)69(31-39)57(77)49(59(6,7)8)67-51(71)33(2)61-10/h11-14,17-18,21-22,32-33,36-39,42-49,60-61H,15-16,19-20,23-31H2,1-10H3,(H,62,74)(H,63,75)(H,64,72)(H,65,73)(H,66,70)(H,67,71)/t32-,33-,36-,37+,38-,39-,42+,43+,44-,45-,46-,47+,48+,49+/m0/s1. The number of likely N-dealkylation sites (N-methyl/N-ethyl adjacent to an activating group) is 2. The Labute approximate surface area is 455 Å². The van der Waals surface area contributed by atoms with Crippen molar-refractivity contribution in [3.8, 4) is 0 Å². The normalized spacial score (nSPS) is 28.2. The van der Waals surface area contributed by atoms with Gasteiger partial charge in [-0.3, -0.25) is 38.4 Å². The number of carbonyl (C=O) groups is 8. The van der Waals surface area contributed by atoms with Crippen LogP contribution in [-0.2, 0) is 51.2 Å². The first-order valence-electron chi connectivity index (χ1n) is 28.4. The number of nitrogens with one attached hydrogen (secondary N) is 8. The summed E-state index contributed by atoms with van der Waals surface area (Å²) < 4.78 is 0. The Morgan fingerprint density at radius 1 is 0.506 bits per heavy atom. The molecule has 0 aromatic heterocycles. The van der Waals surface area contributed by atoms with Crippen molar-refractivity contribution in [2.75, 3.05) is 27.2 Å². The van der Waals surface area contributed by atoms with Crippen molar-refractivity contribution in [1.82, 2.24) is 52.3 Å². The smallest absolute Gasteiger partial charge is 0.246 e. The van der Waals surface area contributed by atoms with Crippen molar-refractivity contribution >= 4 is 47.3 Å². The first kappa shape index (κ1) is 57.3. The van der Waals surface area contributed by atoms with Crippen LogP contribution in [0.1, 0.15) is 148 Å². The molecule has 0 spiro atoms. The zero-order valence-electron chi connectivity index (χ0n) is 47.1. The average Bonchev–Trinajstić information content (AvgIpc) is 4.33. The fourth-order valence-corrected chi connectivity index (χ4v) is 13.3. The van der Waals surface area contributed by atoms with Gasteiger partial charge in [-0.25, -0.2) is 0 Å². The lowest BCUT2D eigenvalue weighted by Gasteiger charge is -2.36. The molecule has 420 valence electrons. The van der Waals surface area contributed by atoms with E-state index in [-0.39, 0.29) is 85.3 Å². The molecule has 2 aromatic carbocycles. The van der Waals surface area contributed by atoms with Gasteiger partial charge in [-0.15, -0.1) is 0 Å². The first-order chi connectivity index (χ1) is 36.5. The topological polar surface area (TPSA) is 239 Å². The van der Waals surface area contributed by atoms with E-state index in [4.69, 9.17) is 0 Å². The van der Waals surface area contributed by atoms with Gasteiger partial charge in [-0.2, -0.15) is 0 Å². The molecule has 0 radical (unpaired) electrons. The fourth-order valence-electron chi connectivity index (χ4n) is 13.3. The van der Waals surface area contributed by atoms with Crippen molar-refractivity contribution in [1.29, 1.82) is 0 Å². The molecular formula is C59H86N10O8. The highest BCUT2D eigenvalue weighted by molar-refractivity contribution is 5.96. The van der Waals surface area contributed by atoms with Crippen molar-refractivity contribution in [2.45, 2.75) is 186 Å². The molecule has 2 heterocycles. The molecule has 2 saturated heterocycles. The van der Waals surface area contributed by atoms with E-state index in [1.54, 1.807) is 27.9 Å². The van der Waals surface area contributed by atoms with Crippen LogP contribution in [0.5, 0.6) is 0 Å². The second-order valence-electron chi connectivity index (χ2n) is 25.2. The van der Waals surface area contributed by atoms with Crippen molar-refractivity contribution in [3.05, 3.63) is 70.8 Å². The Bertz CT molecular complexity index is 2390. The SMILES string of the molecule is CN[C@@H](C)C(=O)N[C@H](C(=O)N1C[C@@H](NC(=O)[C@@H]2[C@@H]3CC[C@@H](C3)[C@@H]2C(=O)N[C@H]2C[C@@H](C(=O)N[C@@H]3CCCc4ccccc43)N(C(=O)[C@@H](NC(=O)[C@H](C)NC)C(C)(C)C)C2)C[C@H]1C(=O)N[C@@H]1CCCc2ccccc21)C(C)(C)C. The molecule has 8 rings (SSSR count). The minimum Gasteiger partial charge on any atom is -0.351 e. The van der Waals surface area contributed by atoms with Crippen molar-refractivity contribution in [3.63, 3.8) is 0 Å². The fraction of sp³-hybridized carbons (Fsp3) is 0.661. The first-order valence-corrected chi connectivity index (χ1v) is 28.4. The Morgan fingerprint density at radius 3 is 1.25 bits per heavy atom. The molecule has 8 amide bonds. The second-order valence-corrected chi connectivity index (χ2v) is 25.2. The predicted molar refractivity (Wildman–Crippen MR) is 292 cm³/mol. The Hall–Kier alpha value is -5.88. The number of fused-ring (bicyclic) bond motifs is 4. The Balaban J connectivity index is 1.01. The van der Waals surface area contributed by atoms with Gasteiger partial charge in [0.15, 0.2) is 0 Å². The summed E-state index contributed by atoms with van der Waals surface area (Å²) in [5.41, 5.74) is 2.97. The van der Waals surface area contributed by atoms with Crippen LogP contribution in [0.3, 0.4) is 0 Å². The third-order valence-corrected chi connectivity index (χ3v) is 17.8. The molecule has 6 aliphatic rings. The highest BCUT2D eigenvalue weighted by Gasteiger charge is 2.56. The van der Waals surface area contributed by atoms with Crippen LogP contribution < -0.4 is 42.5 Å². The number of hydrogen-bond acceptors (Lipinski definition) is 10. The van der Waals surface area contributed by atoms with Gasteiger partial charge in [-0.05, 0) is 143 Å². The third-order valence-electron chi connectivity index (χ3n) is 17.8. The molecule has 18 nitrogen and oxygen atoms in total. The van der Waals surface area contributed by atoms with Crippen LogP contribution >= 0.6 is 0 Å². The molecule has 2 saturated carbocycles. The van der Waals surface area contributed by atoms with Gasteiger partial charge in [0.1, 0.15) is 24.2 Å². The van der Waals surface area contributed by atoms with Crippen molar-refractivity contribution < 1.29 is 38.4 Å². The number of nitrogens with zero attached hydrogens (tertiary/aromatic N) is 2. The second kappa shape index (κ2) is 23.6. The Kier molecular flexibility index (Phi) is 17.6. The van der Waals surface area contributed by atoms with E-state index < -0.39 is 82.8 Å². The summed E-state index contributed by atoms with van der Waals surface area (Å²) in [7, 11) is 3.33. The third kappa shape index (κ3) is 12.5. The molecule has 0 unspecified atom stereocenters. The van der Waals surface area contributed by atoms with Crippen LogP contribution in [0.15, 0.2) is 48.5 Å². The van der Waals surface area contributed by atoms with Crippen LogP contribution in [0, 0.1) is 34.5 Å². The molecule has 8 N–H and O–H groups in total. The summed E-state index contributed by atoms with van der Waals surface area (Å²) in [6, 6.07) is 9.32. The molecule has 2 aromatic rings. The van der Waals surface area contributed by atoms with E-state index in [2.05, 4.69) is 54.7 Å². The number of rotatable bonds is 16. The van der Waals surface area contributed by atoms with Crippen LogP contribution in [-0.4, -0.2) is 133 Å². The summed E-state index contributed by atoms with van der Waals surface area (Å²) in [5, 5.41) is 24.7. The van der Waals surface area contributed by atoms with E-state index in [9.17, 15) is 38.4 Å². The average molecular weight is 1060 g/mol. The summed E-state index contributed by atoms with van der Waals surface area (Å²) in [6.07, 6.45) is 7.61. The molecule has 4 fully saturated rings. The zero-order valence-corrected chi connectivity index (χ0v) is 47.1. The molecule has 14 atom stereocenters. The molecular weight excluding hydrogens is 977 g/mol. The quantitative estimate of drug-likeness (QED) is 0.122. The van der Waals surface area contributed by atoms with Gasteiger partial charge >= 0.3 is 0 Å². The summed E-state index contributed by atoms with van der Waals surface area (Å²) in [6.45, 7) is 14.7. The van der Waals surface area contributed by atoms with E-state index >= 15 is 0 Å². The maximum absolute atomic E-state index is 14.9. The number of hydrogen-bond donors (Lipinski definition) is 8. The van der Waals surface area contributed by atoms with Gasteiger partial charge in [0.25, 0.3) is 0 Å². The zero-order chi connectivity index (χ0) is 55.7. The Morgan fingerprint density at radius 2 is 0.883 bits per heavy atom. The summed E-state index contributed by atoms with van der Waals surface area (Å²) in [5.74, 6) is -4.35. The molecule has 2 aliphatic heterocycles. The highest BCUT2D eigenvalue weighted by atomic mass is 16.2. The lowest BCUT2D eigenvalue weighted by Crippen LogP contribution is -2.59. The van der Waals surface area contributed by atoms with Crippen LogP contribution in [0.25, 0.3) is 0 Å². The summed E-state index contributed by atoms with van der Waals surface area (Å²) in [4.78, 5) is 118. The number of amides is 8. The van der Waals surface area contributed by atoms with Gasteiger partial charge in [0.2, 0.25) is 47.3 Å². The molecule has 4 aliphatic carbocycles. The van der Waals surface area contributed by atoms with E-state index in [0.29, 0.717) is 6.42 Å². The van der Waals surface area contributed by atoms with Crippen molar-refractivity contribution in [2.24, 2.45) is 34.5 Å². The molecule has 2 bridgehead atoms. The van der Waals surface area contributed by atoms with Gasteiger partial charge in [0.05, 0.1) is 36.0 Å². The highest BCUT2D eigenvalue weighted by Crippen LogP contribution is 2.53. The van der Waals surface area contributed by atoms with Crippen LogP contribution in [0.2, 0.25) is 0 Å². The maximum atomic E-state index is 14.9. The van der Waals surface area contributed by atoms with E-state index in [1.807, 2.05) is 77.9 Å². The largest absolute Gasteiger partial charge is 0.351 e. The molecule has 77 heavy (non-hydrogen) atoms. The number of aryl methyl sites for hydroxylation is 2.